The van der Waals surface area contributed by atoms with Gasteiger partial charge in [-0.05, 0) is 118 Å². The molecule has 1 aliphatic carbocycles. The highest BCUT2D eigenvalue weighted by Crippen LogP contribution is 2.65. The highest BCUT2D eigenvalue weighted by atomic mass is 79.9. The van der Waals surface area contributed by atoms with Crippen molar-refractivity contribution in [3.63, 3.8) is 0 Å². The maximum absolute atomic E-state index is 15.3. The van der Waals surface area contributed by atoms with Gasteiger partial charge in [-0.3, -0.25) is 0 Å². The third-order valence-electron chi connectivity index (χ3n) is 8.70. The molecule has 6 rings (SSSR count). The zero-order chi connectivity index (χ0) is 32.2. The minimum atomic E-state index is -0.780. The van der Waals surface area contributed by atoms with Crippen LogP contribution >= 0.6 is 15.9 Å². The lowest BCUT2D eigenvalue weighted by molar-refractivity contribution is 0.627. The van der Waals surface area contributed by atoms with Crippen molar-refractivity contribution < 1.29 is 4.39 Å². The van der Waals surface area contributed by atoms with Crippen LogP contribution in [0.1, 0.15) is 72.3 Å². The van der Waals surface area contributed by atoms with E-state index >= 15 is 4.39 Å². The van der Waals surface area contributed by atoms with Gasteiger partial charge in [0.25, 0.3) is 0 Å². The molecular formula is C43H40BrF. The van der Waals surface area contributed by atoms with Gasteiger partial charge in [0.15, 0.2) is 0 Å². The normalized spacial score (nSPS) is 16.6. The zero-order valence-electron chi connectivity index (χ0n) is 27.5. The topological polar surface area (TPSA) is 0 Å². The van der Waals surface area contributed by atoms with Gasteiger partial charge in [0.2, 0.25) is 0 Å². The van der Waals surface area contributed by atoms with E-state index in [-0.39, 0.29) is 5.82 Å². The largest absolute Gasteiger partial charge is 0.207 e. The van der Waals surface area contributed by atoms with Crippen molar-refractivity contribution in [1.29, 1.82) is 0 Å². The second-order valence-corrected chi connectivity index (χ2v) is 14.4. The Kier molecular flexibility index (Phi) is 8.08. The zero-order valence-corrected chi connectivity index (χ0v) is 29.1. The average molecular weight is 656 g/mol. The second kappa shape index (κ2) is 11.7. The van der Waals surface area contributed by atoms with Crippen LogP contribution in [-0.2, 0) is 4.32 Å². The molecule has 0 bridgehead atoms. The molecule has 0 aromatic heterocycles. The minimum Gasteiger partial charge on any atom is -0.207 e. The van der Waals surface area contributed by atoms with Crippen LogP contribution in [0.2, 0.25) is 0 Å². The Balaban J connectivity index is 1.91. The summed E-state index contributed by atoms with van der Waals surface area (Å²) in [6.45, 7) is 17.3. The lowest BCUT2D eigenvalue weighted by Crippen LogP contribution is -2.21. The van der Waals surface area contributed by atoms with Gasteiger partial charge >= 0.3 is 0 Å². The number of rotatable bonds is 5. The highest BCUT2D eigenvalue weighted by Gasteiger charge is 2.48. The van der Waals surface area contributed by atoms with Crippen LogP contribution in [-0.4, -0.2) is 0 Å². The van der Waals surface area contributed by atoms with Crippen molar-refractivity contribution in [2.75, 3.05) is 0 Å². The smallest absolute Gasteiger partial charge is 0.123 e. The number of halogens is 2. The van der Waals surface area contributed by atoms with Gasteiger partial charge < -0.3 is 0 Å². The summed E-state index contributed by atoms with van der Waals surface area (Å²) < 4.78 is 14.5. The first kappa shape index (κ1) is 31.0. The molecule has 0 fully saturated rings. The summed E-state index contributed by atoms with van der Waals surface area (Å²) in [7, 11) is 0. The number of alkyl halides is 1. The van der Waals surface area contributed by atoms with E-state index in [0.717, 1.165) is 39.0 Å². The van der Waals surface area contributed by atoms with Crippen molar-refractivity contribution in [3.8, 4) is 0 Å². The monoisotopic (exact) mass is 654 g/mol. The molecular weight excluding hydrogens is 615 g/mol. The van der Waals surface area contributed by atoms with E-state index < -0.39 is 4.32 Å². The molecule has 0 saturated heterocycles. The van der Waals surface area contributed by atoms with E-state index in [1.54, 1.807) is 6.07 Å². The molecule has 0 N–H and O–H groups in total. The summed E-state index contributed by atoms with van der Waals surface area (Å²) >= 11 is 4.51. The van der Waals surface area contributed by atoms with Gasteiger partial charge in [-0.15, -0.1) is 0 Å². The van der Waals surface area contributed by atoms with Crippen molar-refractivity contribution in [2.24, 2.45) is 0 Å². The van der Waals surface area contributed by atoms with Crippen molar-refractivity contribution in [2.45, 2.75) is 59.7 Å². The first-order chi connectivity index (χ1) is 21.3. The van der Waals surface area contributed by atoms with E-state index in [4.69, 9.17) is 0 Å². The molecule has 0 amide bonds. The van der Waals surface area contributed by atoms with Gasteiger partial charge in [0.05, 0.1) is 0 Å². The first-order valence-corrected chi connectivity index (χ1v) is 16.4. The molecule has 0 saturated carbocycles. The first-order valence-electron chi connectivity index (χ1n) is 15.6. The maximum Gasteiger partial charge on any atom is 0.123 e. The maximum atomic E-state index is 15.3. The highest BCUT2D eigenvalue weighted by molar-refractivity contribution is 9.10. The summed E-state index contributed by atoms with van der Waals surface area (Å²) in [5.74, 6) is -0.247. The van der Waals surface area contributed by atoms with E-state index in [1.165, 1.54) is 61.7 Å². The minimum absolute atomic E-state index is 0.247. The predicted octanol–water partition coefficient (Wildman–Crippen LogP) is 12.1. The predicted molar refractivity (Wildman–Crippen MR) is 194 cm³/mol. The molecule has 2 heteroatoms. The Labute approximate surface area is 276 Å². The summed E-state index contributed by atoms with van der Waals surface area (Å²) in [6, 6.07) is 34.4. The Morgan fingerprint density at radius 3 is 1.18 bits per heavy atom. The molecule has 5 aromatic carbocycles. The molecule has 1 aliphatic rings. The number of benzene rings is 5. The number of aryl methyl sites for hydroxylation is 8. The molecule has 226 valence electrons. The molecule has 0 nitrogen and oxygen atoms in total. The number of allylic oxidation sites excluding steroid dienone is 4. The molecule has 45 heavy (non-hydrogen) atoms. The average Bonchev–Trinajstić information content (AvgIpc) is 3.21. The van der Waals surface area contributed by atoms with E-state index in [0.29, 0.717) is 0 Å². The lowest BCUT2D eigenvalue weighted by atomic mass is 9.79. The second-order valence-electron chi connectivity index (χ2n) is 13.2. The van der Waals surface area contributed by atoms with Gasteiger partial charge in [-0.2, -0.15) is 0 Å². The van der Waals surface area contributed by atoms with Gasteiger partial charge in [0.1, 0.15) is 10.1 Å². The fourth-order valence-corrected chi connectivity index (χ4v) is 8.53. The number of hydrogen-bond donors (Lipinski definition) is 0. The fourth-order valence-electron chi connectivity index (χ4n) is 7.45. The number of hydrogen-bond acceptors (Lipinski definition) is 0. The quantitative estimate of drug-likeness (QED) is 0.165. The molecule has 0 heterocycles. The molecule has 0 aliphatic heterocycles. The summed E-state index contributed by atoms with van der Waals surface area (Å²) in [4.78, 5) is 0. The molecule has 0 radical (unpaired) electrons. The van der Waals surface area contributed by atoms with Crippen LogP contribution in [0.25, 0.3) is 22.3 Å². The Bertz CT molecular complexity index is 1980. The Morgan fingerprint density at radius 2 is 0.778 bits per heavy atom. The van der Waals surface area contributed by atoms with Crippen LogP contribution < -0.4 is 0 Å². The van der Waals surface area contributed by atoms with E-state index in [2.05, 4.69) is 150 Å². The van der Waals surface area contributed by atoms with E-state index in [1.807, 2.05) is 6.07 Å². The molecule has 5 aromatic rings. The van der Waals surface area contributed by atoms with Gasteiger partial charge in [0, 0.05) is 0 Å². The summed E-state index contributed by atoms with van der Waals surface area (Å²) in [6.07, 6.45) is 0. The van der Waals surface area contributed by atoms with Crippen LogP contribution in [0, 0.1) is 61.2 Å². The van der Waals surface area contributed by atoms with Gasteiger partial charge in [-0.25, -0.2) is 4.39 Å². The van der Waals surface area contributed by atoms with E-state index in [9.17, 15) is 0 Å². The third-order valence-corrected chi connectivity index (χ3v) is 9.95. The SMILES string of the molecule is Cc1cc(C)cc(C2=C(c3cc(C)cc(C)c3)C(Br)(c3cc(C)cc(C)c3)C(c3cccc(F)c3)=C2c2cc(C)cc(C)c2)c1. The van der Waals surface area contributed by atoms with Crippen molar-refractivity contribution in [1.82, 2.24) is 0 Å². The van der Waals surface area contributed by atoms with Crippen LogP contribution in [0.4, 0.5) is 4.39 Å². The summed E-state index contributed by atoms with van der Waals surface area (Å²) in [5.41, 5.74) is 19.6. The van der Waals surface area contributed by atoms with Crippen molar-refractivity contribution >= 4 is 38.2 Å². The Hall–Kier alpha value is -4.01. The molecule has 0 spiro atoms. The fraction of sp³-hybridized carbons (Fsp3) is 0.209. The van der Waals surface area contributed by atoms with Crippen LogP contribution in [0.5, 0.6) is 0 Å². The standard InChI is InChI=1S/C43H40BrF/c1-25-12-26(2)17-34(16-25)39-40(35-18-27(3)13-28(4)19-35)42(36-20-29(5)14-30(6)21-36)43(44,37-22-31(7)15-32(8)23-37)41(39)33-10-9-11-38(45)24-33/h9-24H,1-8H3. The molecule has 1 unspecified atom stereocenters. The summed E-state index contributed by atoms with van der Waals surface area (Å²) in [5, 5.41) is 0. The van der Waals surface area contributed by atoms with Gasteiger partial charge in [-0.1, -0.05) is 145 Å². The molecule has 1 atom stereocenters. The van der Waals surface area contributed by atoms with Crippen molar-refractivity contribution in [3.05, 3.63) is 175 Å². The van der Waals surface area contributed by atoms with Crippen LogP contribution in [0.3, 0.4) is 0 Å². The lowest BCUT2D eigenvalue weighted by Gasteiger charge is -2.33. The third kappa shape index (κ3) is 5.77. The Morgan fingerprint density at radius 1 is 0.422 bits per heavy atom. The van der Waals surface area contributed by atoms with Crippen LogP contribution in [0.15, 0.2) is 97.1 Å².